The molecule has 2 aromatic rings. The molecule has 2 rings (SSSR count). The Labute approximate surface area is 116 Å². The topological polar surface area (TPSA) is 98.7 Å². The molecule has 1 unspecified atom stereocenters. The molecule has 8 heteroatoms. The van der Waals surface area contributed by atoms with Crippen LogP contribution in [0.2, 0.25) is 0 Å². The van der Waals surface area contributed by atoms with Gasteiger partial charge in [0.15, 0.2) is 0 Å². The van der Waals surface area contributed by atoms with Crippen molar-refractivity contribution in [2.45, 2.75) is 39.2 Å². The summed E-state index contributed by atoms with van der Waals surface area (Å²) in [7, 11) is 1.81. The average molecular weight is 278 g/mol. The molecule has 8 nitrogen and oxygen atoms in total. The quantitative estimate of drug-likeness (QED) is 0.852. The second kappa shape index (κ2) is 5.81. The van der Waals surface area contributed by atoms with E-state index in [9.17, 15) is 4.79 Å². The normalized spacial score (nSPS) is 12.6. The lowest BCUT2D eigenvalue weighted by Crippen LogP contribution is -2.17. The summed E-state index contributed by atoms with van der Waals surface area (Å²) < 4.78 is 3.29. The van der Waals surface area contributed by atoms with Crippen LogP contribution in [0, 0.1) is 6.92 Å². The molecule has 2 aromatic heterocycles. The maximum absolute atomic E-state index is 11.0. The van der Waals surface area contributed by atoms with Crippen LogP contribution in [0.3, 0.4) is 0 Å². The first kappa shape index (κ1) is 14.2. The molecule has 0 bridgehead atoms. The standard InChI is InChI=1S/C12H18N6O2/c1-4-5-9(7-11(19)20)18-12(13-15-16-18)10-6-8(2)14-17(10)3/h6,9H,4-5,7H2,1-3H3,(H,19,20). The highest BCUT2D eigenvalue weighted by Crippen LogP contribution is 2.24. The van der Waals surface area contributed by atoms with Crippen LogP contribution in [0.15, 0.2) is 6.07 Å². The summed E-state index contributed by atoms with van der Waals surface area (Å²) in [6, 6.07) is 1.63. The van der Waals surface area contributed by atoms with Crippen molar-refractivity contribution in [1.82, 2.24) is 30.0 Å². The van der Waals surface area contributed by atoms with Crippen molar-refractivity contribution >= 4 is 5.97 Å². The number of carboxylic acids is 1. The minimum atomic E-state index is -0.855. The van der Waals surface area contributed by atoms with Gasteiger partial charge in [-0.05, 0) is 29.8 Å². The summed E-state index contributed by atoms with van der Waals surface area (Å²) in [6.45, 7) is 3.89. The number of nitrogens with zero attached hydrogens (tertiary/aromatic N) is 6. The van der Waals surface area contributed by atoms with Crippen molar-refractivity contribution < 1.29 is 9.90 Å². The molecule has 108 valence electrons. The number of tetrazole rings is 1. The molecule has 1 N–H and O–H groups in total. The Bertz CT molecular complexity index is 603. The maximum Gasteiger partial charge on any atom is 0.305 e. The molecule has 0 aromatic carbocycles. The summed E-state index contributed by atoms with van der Waals surface area (Å²) in [5, 5.41) is 25.0. The second-order valence-electron chi connectivity index (χ2n) is 4.78. The van der Waals surface area contributed by atoms with Gasteiger partial charge >= 0.3 is 5.97 Å². The largest absolute Gasteiger partial charge is 0.481 e. The van der Waals surface area contributed by atoms with Crippen molar-refractivity contribution in [3.63, 3.8) is 0 Å². The van der Waals surface area contributed by atoms with E-state index < -0.39 is 5.97 Å². The fraction of sp³-hybridized carbons (Fsp3) is 0.583. The molecule has 0 aliphatic carbocycles. The summed E-state index contributed by atoms with van der Waals surface area (Å²) >= 11 is 0. The third-order valence-corrected chi connectivity index (χ3v) is 3.10. The molecular formula is C12H18N6O2. The van der Waals surface area contributed by atoms with E-state index in [2.05, 4.69) is 20.6 Å². The van der Waals surface area contributed by atoms with Crippen molar-refractivity contribution in [1.29, 1.82) is 0 Å². The van der Waals surface area contributed by atoms with Crippen LogP contribution in [0.5, 0.6) is 0 Å². The molecule has 0 amide bonds. The van der Waals surface area contributed by atoms with Crippen molar-refractivity contribution in [3.8, 4) is 11.5 Å². The third kappa shape index (κ3) is 2.84. The zero-order valence-electron chi connectivity index (χ0n) is 11.8. The van der Waals surface area contributed by atoms with Crippen molar-refractivity contribution in [3.05, 3.63) is 11.8 Å². The van der Waals surface area contributed by atoms with Gasteiger partial charge in [-0.3, -0.25) is 9.48 Å². The zero-order valence-corrected chi connectivity index (χ0v) is 11.8. The van der Waals surface area contributed by atoms with Gasteiger partial charge in [0, 0.05) is 7.05 Å². The number of aromatic nitrogens is 6. The van der Waals surface area contributed by atoms with E-state index in [1.807, 2.05) is 27.0 Å². The van der Waals surface area contributed by atoms with Crippen LogP contribution in [0.1, 0.15) is 37.9 Å². The van der Waals surface area contributed by atoms with Crippen LogP contribution in [-0.4, -0.2) is 41.1 Å². The summed E-state index contributed by atoms with van der Waals surface area (Å²) in [5.74, 6) is -0.307. The van der Waals surface area contributed by atoms with Crippen LogP contribution in [0.4, 0.5) is 0 Å². The summed E-state index contributed by atoms with van der Waals surface area (Å²) in [4.78, 5) is 11.0. The Morgan fingerprint density at radius 2 is 2.25 bits per heavy atom. The van der Waals surface area contributed by atoms with Crippen LogP contribution in [0.25, 0.3) is 11.5 Å². The third-order valence-electron chi connectivity index (χ3n) is 3.10. The molecule has 0 aliphatic heterocycles. The predicted octanol–water partition coefficient (Wildman–Crippen LogP) is 1.20. The van der Waals surface area contributed by atoms with E-state index in [4.69, 9.17) is 5.11 Å². The van der Waals surface area contributed by atoms with E-state index in [0.29, 0.717) is 12.2 Å². The van der Waals surface area contributed by atoms with Crippen LogP contribution >= 0.6 is 0 Å². The molecule has 1 atom stereocenters. The number of carboxylic acid groups (broad SMARTS) is 1. The van der Waals surface area contributed by atoms with E-state index >= 15 is 0 Å². The second-order valence-corrected chi connectivity index (χ2v) is 4.78. The molecule has 0 fully saturated rings. The molecular weight excluding hydrogens is 260 g/mol. The number of carbonyl (C=O) groups is 1. The van der Waals surface area contributed by atoms with Gasteiger partial charge in [-0.25, -0.2) is 4.68 Å². The lowest BCUT2D eigenvalue weighted by molar-refractivity contribution is -0.138. The highest BCUT2D eigenvalue weighted by Gasteiger charge is 2.22. The Kier molecular flexibility index (Phi) is 4.11. The summed E-state index contributed by atoms with van der Waals surface area (Å²) in [5.41, 5.74) is 1.64. The zero-order chi connectivity index (χ0) is 14.7. The smallest absolute Gasteiger partial charge is 0.305 e. The van der Waals surface area contributed by atoms with E-state index in [1.165, 1.54) is 0 Å². The SMILES string of the molecule is CCCC(CC(=O)O)n1nnnc1-c1cc(C)nn1C. The minimum Gasteiger partial charge on any atom is -0.481 e. The fourth-order valence-electron chi connectivity index (χ4n) is 2.27. The van der Waals surface area contributed by atoms with E-state index in [1.54, 1.807) is 9.36 Å². The first-order valence-electron chi connectivity index (χ1n) is 6.53. The lowest BCUT2D eigenvalue weighted by atomic mass is 10.1. The van der Waals surface area contributed by atoms with Gasteiger partial charge in [0.05, 0.1) is 18.2 Å². The molecule has 0 saturated heterocycles. The molecule has 20 heavy (non-hydrogen) atoms. The van der Waals surface area contributed by atoms with Gasteiger partial charge in [0.1, 0.15) is 5.69 Å². The Morgan fingerprint density at radius 1 is 1.50 bits per heavy atom. The van der Waals surface area contributed by atoms with Crippen LogP contribution < -0.4 is 0 Å². The highest BCUT2D eigenvalue weighted by atomic mass is 16.4. The molecule has 0 aliphatic rings. The lowest BCUT2D eigenvalue weighted by Gasteiger charge is -2.15. The monoisotopic (exact) mass is 278 g/mol. The Morgan fingerprint density at radius 3 is 2.80 bits per heavy atom. The highest BCUT2D eigenvalue weighted by molar-refractivity contribution is 5.67. The van der Waals surface area contributed by atoms with Crippen LogP contribution in [-0.2, 0) is 11.8 Å². The van der Waals surface area contributed by atoms with Gasteiger partial charge in [0.2, 0.25) is 5.82 Å². The molecule has 2 heterocycles. The van der Waals surface area contributed by atoms with Gasteiger partial charge < -0.3 is 5.11 Å². The Balaban J connectivity index is 2.40. The summed E-state index contributed by atoms with van der Waals surface area (Å²) in [6.07, 6.45) is 1.57. The van der Waals surface area contributed by atoms with E-state index in [-0.39, 0.29) is 12.5 Å². The number of aryl methyl sites for hydroxylation is 2. The fourth-order valence-corrected chi connectivity index (χ4v) is 2.27. The first-order chi connectivity index (χ1) is 9.52. The van der Waals surface area contributed by atoms with Crippen molar-refractivity contribution in [2.75, 3.05) is 0 Å². The van der Waals surface area contributed by atoms with E-state index in [0.717, 1.165) is 17.8 Å². The Hall–Kier alpha value is -2.25. The molecule has 0 saturated carbocycles. The van der Waals surface area contributed by atoms with Gasteiger partial charge in [-0.15, -0.1) is 5.10 Å². The number of rotatable bonds is 6. The van der Waals surface area contributed by atoms with Crippen molar-refractivity contribution in [2.24, 2.45) is 7.05 Å². The number of hydrogen-bond donors (Lipinski definition) is 1. The predicted molar refractivity (Wildman–Crippen MR) is 71.0 cm³/mol. The van der Waals surface area contributed by atoms with Gasteiger partial charge in [-0.2, -0.15) is 5.10 Å². The molecule has 0 spiro atoms. The van der Waals surface area contributed by atoms with Gasteiger partial charge in [0.25, 0.3) is 0 Å². The van der Waals surface area contributed by atoms with Gasteiger partial charge in [-0.1, -0.05) is 13.3 Å². The minimum absolute atomic E-state index is 0.00269. The number of hydrogen-bond acceptors (Lipinski definition) is 5. The maximum atomic E-state index is 11.0. The first-order valence-corrected chi connectivity index (χ1v) is 6.53. The molecule has 0 radical (unpaired) electrons. The average Bonchev–Trinajstić information content (AvgIpc) is 2.94. The number of aliphatic carboxylic acids is 1.